The molecule has 0 aromatic rings. The lowest BCUT2D eigenvalue weighted by Gasteiger charge is -2.26. The highest BCUT2D eigenvalue weighted by Crippen LogP contribution is 1.87. The first-order valence-electron chi connectivity index (χ1n) is 3.39. The van der Waals surface area contributed by atoms with E-state index in [-0.39, 0.29) is 17.9 Å². The van der Waals surface area contributed by atoms with Crippen LogP contribution in [0.5, 0.6) is 0 Å². The van der Waals surface area contributed by atoms with Gasteiger partial charge in [-0.05, 0) is 14.0 Å². The SMILES string of the molecule is CC(CON(C)[O-])NON(C)[O-]. The maximum absolute atomic E-state index is 10.2. The molecule has 0 aliphatic heterocycles. The van der Waals surface area contributed by atoms with E-state index in [9.17, 15) is 10.4 Å². The Bertz CT molecular complexity index is 98.9. The lowest BCUT2D eigenvalue weighted by molar-refractivity contribution is -0.189. The molecule has 0 fully saturated rings. The van der Waals surface area contributed by atoms with Crippen molar-refractivity contribution >= 4 is 0 Å². The van der Waals surface area contributed by atoms with Gasteiger partial charge in [0, 0.05) is 7.05 Å². The Labute approximate surface area is 70.9 Å². The largest absolute Gasteiger partial charge is 0.762 e. The summed E-state index contributed by atoms with van der Waals surface area (Å²) in [7, 11) is 2.42. The van der Waals surface area contributed by atoms with Crippen LogP contribution in [0.4, 0.5) is 0 Å². The molecule has 7 nitrogen and oxygen atoms in total. The summed E-state index contributed by atoms with van der Waals surface area (Å²) in [4.78, 5) is 8.91. The van der Waals surface area contributed by atoms with Crippen molar-refractivity contribution in [1.29, 1.82) is 0 Å². The van der Waals surface area contributed by atoms with E-state index in [0.717, 1.165) is 0 Å². The van der Waals surface area contributed by atoms with E-state index in [1.54, 1.807) is 6.92 Å². The summed E-state index contributed by atoms with van der Waals surface area (Å²) in [6, 6.07) is -0.238. The Hall–Kier alpha value is -0.280. The highest BCUT2D eigenvalue weighted by molar-refractivity contribution is 4.50. The van der Waals surface area contributed by atoms with Crippen LogP contribution in [0, 0.1) is 10.4 Å². The van der Waals surface area contributed by atoms with E-state index in [1.807, 2.05) is 0 Å². The molecular formula is C5H13N3O4-2. The molecular weight excluding hydrogens is 166 g/mol. The zero-order valence-electron chi connectivity index (χ0n) is 7.31. The Morgan fingerprint density at radius 1 is 1.33 bits per heavy atom. The van der Waals surface area contributed by atoms with Gasteiger partial charge in [-0.15, -0.1) is 0 Å². The maximum atomic E-state index is 10.2. The van der Waals surface area contributed by atoms with Gasteiger partial charge in [-0.25, -0.2) is 10.2 Å². The van der Waals surface area contributed by atoms with Gasteiger partial charge in [0.2, 0.25) is 0 Å². The first-order chi connectivity index (χ1) is 5.52. The minimum atomic E-state index is -0.238. The van der Waals surface area contributed by atoms with Crippen molar-refractivity contribution < 1.29 is 9.78 Å². The second kappa shape index (κ2) is 6.26. The fraction of sp³-hybridized carbons (Fsp3) is 1.00. The molecule has 0 rings (SSSR count). The van der Waals surface area contributed by atoms with E-state index < -0.39 is 0 Å². The summed E-state index contributed by atoms with van der Waals surface area (Å²) in [6.45, 7) is 1.83. The normalized spacial score (nSPS) is 14.2. The smallest absolute Gasteiger partial charge is 0.0847 e. The first-order valence-corrected chi connectivity index (χ1v) is 3.39. The van der Waals surface area contributed by atoms with Crippen LogP contribution in [0.1, 0.15) is 6.92 Å². The molecule has 0 aliphatic carbocycles. The summed E-state index contributed by atoms with van der Waals surface area (Å²) in [5.41, 5.74) is 2.36. The van der Waals surface area contributed by atoms with E-state index >= 15 is 0 Å². The van der Waals surface area contributed by atoms with Crippen LogP contribution in [-0.2, 0) is 9.78 Å². The van der Waals surface area contributed by atoms with E-state index in [0.29, 0.717) is 5.23 Å². The van der Waals surface area contributed by atoms with Gasteiger partial charge in [0.05, 0.1) is 12.6 Å². The summed E-state index contributed by atoms with van der Waals surface area (Å²) < 4.78 is 0. The molecule has 1 atom stereocenters. The zero-order chi connectivity index (χ0) is 9.56. The second-order valence-corrected chi connectivity index (χ2v) is 2.29. The van der Waals surface area contributed by atoms with Gasteiger partial charge in [0.1, 0.15) is 0 Å². The van der Waals surface area contributed by atoms with Crippen molar-refractivity contribution in [3.05, 3.63) is 10.4 Å². The molecule has 74 valence electrons. The Morgan fingerprint density at radius 2 is 1.92 bits per heavy atom. The van der Waals surface area contributed by atoms with Gasteiger partial charge < -0.3 is 15.3 Å². The van der Waals surface area contributed by atoms with Crippen LogP contribution >= 0.6 is 0 Å². The lowest BCUT2D eigenvalue weighted by atomic mass is 10.4. The number of nitrogens with zero attached hydrogens (tertiary/aromatic N) is 2. The van der Waals surface area contributed by atoms with Gasteiger partial charge >= 0.3 is 0 Å². The zero-order valence-corrected chi connectivity index (χ0v) is 7.31. The Balaban J connectivity index is 3.27. The van der Waals surface area contributed by atoms with Crippen molar-refractivity contribution in [2.24, 2.45) is 0 Å². The van der Waals surface area contributed by atoms with Crippen LogP contribution in [0.15, 0.2) is 0 Å². The number of hydroxylamine groups is 5. The predicted octanol–water partition coefficient (Wildman–Crippen LogP) is -0.398. The van der Waals surface area contributed by atoms with E-state index in [4.69, 9.17) is 0 Å². The molecule has 1 N–H and O–H groups in total. The molecule has 0 saturated heterocycles. The van der Waals surface area contributed by atoms with Crippen molar-refractivity contribution in [1.82, 2.24) is 15.9 Å². The third-order valence-electron chi connectivity index (χ3n) is 0.889. The Kier molecular flexibility index (Phi) is 6.11. The second-order valence-electron chi connectivity index (χ2n) is 2.29. The minimum Gasteiger partial charge on any atom is -0.762 e. The standard InChI is InChI=1S/C5H13N3O4/c1-5(4-11-7(2)9)6-12-8(3)10/h5-6H,4H2,1-3H3/q-2. The van der Waals surface area contributed by atoms with E-state index in [2.05, 4.69) is 15.3 Å². The highest BCUT2D eigenvalue weighted by Gasteiger charge is 2.00. The third kappa shape index (κ3) is 7.82. The molecule has 0 aliphatic rings. The maximum Gasteiger partial charge on any atom is 0.0847 e. The Morgan fingerprint density at radius 3 is 2.33 bits per heavy atom. The molecule has 0 amide bonds. The fourth-order valence-electron chi connectivity index (χ4n) is 0.415. The molecule has 0 bridgehead atoms. The molecule has 0 heterocycles. The fourth-order valence-corrected chi connectivity index (χ4v) is 0.415. The minimum absolute atomic E-state index is 0.133. The number of hydrogen-bond acceptors (Lipinski definition) is 7. The van der Waals surface area contributed by atoms with Crippen molar-refractivity contribution in [3.63, 3.8) is 0 Å². The highest BCUT2D eigenvalue weighted by atomic mass is 17.0. The van der Waals surface area contributed by atoms with Gasteiger partial charge in [0.15, 0.2) is 0 Å². The molecule has 0 radical (unpaired) electrons. The predicted molar refractivity (Wildman–Crippen MR) is 41.9 cm³/mol. The molecule has 0 saturated carbocycles. The topological polar surface area (TPSA) is 83.1 Å². The van der Waals surface area contributed by atoms with E-state index in [1.165, 1.54) is 14.1 Å². The molecule has 1 unspecified atom stereocenters. The van der Waals surface area contributed by atoms with Crippen molar-refractivity contribution in [2.75, 3.05) is 20.7 Å². The summed E-state index contributed by atoms with van der Waals surface area (Å²) in [6.07, 6.45) is 0. The lowest BCUT2D eigenvalue weighted by Crippen LogP contribution is -2.35. The number of hydrogen-bond donors (Lipinski definition) is 1. The van der Waals surface area contributed by atoms with Crippen LogP contribution in [0.2, 0.25) is 0 Å². The molecule has 0 aromatic carbocycles. The monoisotopic (exact) mass is 179 g/mol. The average molecular weight is 179 g/mol. The van der Waals surface area contributed by atoms with Crippen molar-refractivity contribution in [3.8, 4) is 0 Å². The van der Waals surface area contributed by atoms with Crippen LogP contribution < -0.4 is 5.48 Å². The van der Waals surface area contributed by atoms with Crippen LogP contribution in [0.3, 0.4) is 0 Å². The van der Waals surface area contributed by atoms with Crippen LogP contribution in [0.25, 0.3) is 0 Å². The average Bonchev–Trinajstić information content (AvgIpc) is 1.96. The van der Waals surface area contributed by atoms with Crippen molar-refractivity contribution in [2.45, 2.75) is 13.0 Å². The summed E-state index contributed by atoms with van der Waals surface area (Å²) in [5.74, 6) is 0. The first kappa shape index (κ1) is 11.7. The number of rotatable bonds is 6. The molecule has 12 heavy (non-hydrogen) atoms. The quantitative estimate of drug-likeness (QED) is 0.555. The van der Waals surface area contributed by atoms with Gasteiger partial charge in [-0.1, -0.05) is 0 Å². The van der Waals surface area contributed by atoms with Crippen LogP contribution in [-0.4, -0.2) is 37.2 Å². The number of nitrogens with one attached hydrogen (secondary N) is 1. The molecule has 0 spiro atoms. The molecule has 7 heteroatoms. The summed E-state index contributed by atoms with van der Waals surface area (Å²) in [5, 5.41) is 21.0. The summed E-state index contributed by atoms with van der Waals surface area (Å²) >= 11 is 0. The third-order valence-corrected chi connectivity index (χ3v) is 0.889. The van der Waals surface area contributed by atoms with Gasteiger partial charge in [-0.3, -0.25) is 5.23 Å². The molecule has 0 aromatic heterocycles. The van der Waals surface area contributed by atoms with Gasteiger partial charge in [0.25, 0.3) is 0 Å². The van der Waals surface area contributed by atoms with Gasteiger partial charge in [-0.2, -0.15) is 5.48 Å².